The van der Waals surface area contributed by atoms with Crippen LogP contribution in [0.5, 0.6) is 0 Å². The maximum absolute atomic E-state index is 13.0. The summed E-state index contributed by atoms with van der Waals surface area (Å²) >= 11 is 0. The molecule has 0 aliphatic carbocycles. The lowest BCUT2D eigenvalue weighted by Gasteiger charge is -2.17. The molecule has 1 unspecified atom stereocenters. The Balaban J connectivity index is 1.78. The van der Waals surface area contributed by atoms with Crippen molar-refractivity contribution in [2.24, 2.45) is 11.7 Å². The van der Waals surface area contributed by atoms with Crippen molar-refractivity contribution in [1.82, 2.24) is 4.98 Å². The molecule has 3 N–H and O–H groups in total. The number of benzene rings is 2. The summed E-state index contributed by atoms with van der Waals surface area (Å²) in [6.45, 7) is 2.34. The standard InChI is InChI=1S/C20H20FN3O/c1-13-10-19(17-4-2-3-5-18(17)24-13)23-12-15(20(22)25)11-14-6-8-16(21)9-7-14/h2-10,15H,11-12H2,1H3,(H2,22,25)(H,23,24). The third kappa shape index (κ3) is 4.12. The monoisotopic (exact) mass is 337 g/mol. The average molecular weight is 337 g/mol. The third-order valence-corrected chi connectivity index (χ3v) is 4.18. The molecule has 5 heteroatoms. The van der Waals surface area contributed by atoms with Gasteiger partial charge in [-0.1, -0.05) is 30.3 Å². The number of rotatable bonds is 6. The molecule has 0 fully saturated rings. The molecule has 0 bridgehead atoms. The molecular weight excluding hydrogens is 317 g/mol. The van der Waals surface area contributed by atoms with E-state index >= 15 is 0 Å². The number of hydrogen-bond acceptors (Lipinski definition) is 3. The molecule has 0 radical (unpaired) electrons. The Hall–Kier alpha value is -2.95. The van der Waals surface area contributed by atoms with Crippen molar-refractivity contribution in [3.8, 4) is 0 Å². The number of nitrogens with one attached hydrogen (secondary N) is 1. The summed E-state index contributed by atoms with van der Waals surface area (Å²) in [6, 6.07) is 15.9. The number of aromatic nitrogens is 1. The second-order valence-corrected chi connectivity index (χ2v) is 6.14. The lowest BCUT2D eigenvalue weighted by atomic mass is 9.98. The highest BCUT2D eigenvalue weighted by atomic mass is 19.1. The van der Waals surface area contributed by atoms with E-state index in [0.29, 0.717) is 13.0 Å². The first kappa shape index (κ1) is 16.9. The predicted octanol–water partition coefficient (Wildman–Crippen LogP) is 3.44. The van der Waals surface area contributed by atoms with Crippen molar-refractivity contribution in [1.29, 1.82) is 0 Å². The topological polar surface area (TPSA) is 68.0 Å². The Morgan fingerprint density at radius 2 is 1.92 bits per heavy atom. The summed E-state index contributed by atoms with van der Waals surface area (Å²) in [5, 5.41) is 4.32. The van der Waals surface area contributed by atoms with Gasteiger partial charge in [0.25, 0.3) is 0 Å². The average Bonchev–Trinajstić information content (AvgIpc) is 2.59. The van der Waals surface area contributed by atoms with E-state index in [1.54, 1.807) is 12.1 Å². The van der Waals surface area contributed by atoms with Crippen molar-refractivity contribution in [2.75, 3.05) is 11.9 Å². The van der Waals surface area contributed by atoms with E-state index in [1.165, 1.54) is 12.1 Å². The van der Waals surface area contributed by atoms with Gasteiger partial charge in [0.15, 0.2) is 0 Å². The Bertz CT molecular complexity index is 893. The molecule has 0 aliphatic rings. The smallest absolute Gasteiger partial charge is 0.222 e. The van der Waals surface area contributed by atoms with Crippen LogP contribution in [-0.2, 0) is 11.2 Å². The van der Waals surface area contributed by atoms with Crippen LogP contribution in [0.15, 0.2) is 54.6 Å². The van der Waals surface area contributed by atoms with Crippen LogP contribution >= 0.6 is 0 Å². The van der Waals surface area contributed by atoms with Gasteiger partial charge in [0.2, 0.25) is 5.91 Å². The van der Waals surface area contributed by atoms with Crippen LogP contribution in [0.1, 0.15) is 11.3 Å². The fraction of sp³-hybridized carbons (Fsp3) is 0.200. The number of carbonyl (C=O) groups excluding carboxylic acids is 1. The molecule has 25 heavy (non-hydrogen) atoms. The Labute approximate surface area is 145 Å². The number of carbonyl (C=O) groups is 1. The highest BCUT2D eigenvalue weighted by molar-refractivity contribution is 5.91. The largest absolute Gasteiger partial charge is 0.384 e. The van der Waals surface area contributed by atoms with Gasteiger partial charge in [-0.2, -0.15) is 0 Å². The van der Waals surface area contributed by atoms with Crippen LogP contribution in [0.2, 0.25) is 0 Å². The van der Waals surface area contributed by atoms with E-state index in [0.717, 1.165) is 27.8 Å². The predicted molar refractivity (Wildman–Crippen MR) is 97.8 cm³/mol. The number of amides is 1. The van der Waals surface area contributed by atoms with Crippen molar-refractivity contribution in [3.05, 3.63) is 71.7 Å². The summed E-state index contributed by atoms with van der Waals surface area (Å²) in [4.78, 5) is 16.3. The number of nitrogens with two attached hydrogens (primary N) is 1. The first-order valence-electron chi connectivity index (χ1n) is 8.17. The molecule has 0 saturated heterocycles. The summed E-state index contributed by atoms with van der Waals surface area (Å²) in [5.41, 5.74) is 9.16. The van der Waals surface area contributed by atoms with E-state index < -0.39 is 5.92 Å². The molecule has 1 atom stereocenters. The van der Waals surface area contributed by atoms with Gasteiger partial charge in [-0.3, -0.25) is 9.78 Å². The number of nitrogens with zero attached hydrogens (tertiary/aromatic N) is 1. The SMILES string of the molecule is Cc1cc(NCC(Cc2ccc(F)cc2)C(N)=O)c2ccccc2n1. The highest BCUT2D eigenvalue weighted by Gasteiger charge is 2.16. The van der Waals surface area contributed by atoms with Gasteiger partial charge in [-0.25, -0.2) is 4.39 Å². The summed E-state index contributed by atoms with van der Waals surface area (Å²) < 4.78 is 13.0. The Morgan fingerprint density at radius 3 is 2.64 bits per heavy atom. The summed E-state index contributed by atoms with van der Waals surface area (Å²) in [6.07, 6.45) is 0.463. The van der Waals surface area contributed by atoms with Gasteiger partial charge in [0, 0.05) is 23.3 Å². The van der Waals surface area contributed by atoms with Gasteiger partial charge in [0.05, 0.1) is 11.4 Å². The maximum atomic E-state index is 13.0. The third-order valence-electron chi connectivity index (χ3n) is 4.18. The van der Waals surface area contributed by atoms with Crippen molar-refractivity contribution in [3.63, 3.8) is 0 Å². The molecule has 1 aromatic heterocycles. The van der Waals surface area contributed by atoms with Crippen LogP contribution in [-0.4, -0.2) is 17.4 Å². The number of aryl methyl sites for hydroxylation is 1. The van der Waals surface area contributed by atoms with Crippen molar-refractivity contribution in [2.45, 2.75) is 13.3 Å². The van der Waals surface area contributed by atoms with E-state index in [2.05, 4.69) is 10.3 Å². The molecule has 0 spiro atoms. The molecular formula is C20H20FN3O. The Morgan fingerprint density at radius 1 is 1.20 bits per heavy atom. The van der Waals surface area contributed by atoms with Gasteiger partial charge >= 0.3 is 0 Å². The van der Waals surface area contributed by atoms with Crippen LogP contribution in [0, 0.1) is 18.7 Å². The van der Waals surface area contributed by atoms with Gasteiger partial charge < -0.3 is 11.1 Å². The minimum absolute atomic E-state index is 0.295. The molecule has 0 aliphatic heterocycles. The minimum Gasteiger partial charge on any atom is -0.384 e. The zero-order valence-corrected chi connectivity index (χ0v) is 14.0. The lowest BCUT2D eigenvalue weighted by molar-refractivity contribution is -0.121. The first-order valence-corrected chi connectivity index (χ1v) is 8.17. The van der Waals surface area contributed by atoms with E-state index in [9.17, 15) is 9.18 Å². The quantitative estimate of drug-likeness (QED) is 0.724. The van der Waals surface area contributed by atoms with Gasteiger partial charge in [0.1, 0.15) is 5.82 Å². The van der Waals surface area contributed by atoms with Gasteiger partial charge in [-0.15, -0.1) is 0 Å². The maximum Gasteiger partial charge on any atom is 0.222 e. The van der Waals surface area contributed by atoms with E-state index in [1.807, 2.05) is 37.3 Å². The van der Waals surface area contributed by atoms with E-state index in [-0.39, 0.29) is 11.7 Å². The van der Waals surface area contributed by atoms with E-state index in [4.69, 9.17) is 5.73 Å². The first-order chi connectivity index (χ1) is 12.0. The number of halogens is 1. The normalized spacial score (nSPS) is 12.1. The van der Waals surface area contributed by atoms with Crippen LogP contribution in [0.3, 0.4) is 0 Å². The molecule has 128 valence electrons. The number of fused-ring (bicyclic) bond motifs is 1. The highest BCUT2D eigenvalue weighted by Crippen LogP contribution is 2.23. The Kier molecular flexibility index (Phi) is 4.93. The lowest BCUT2D eigenvalue weighted by Crippen LogP contribution is -2.31. The number of primary amides is 1. The number of anilines is 1. The molecule has 0 saturated carbocycles. The summed E-state index contributed by atoms with van der Waals surface area (Å²) in [7, 11) is 0. The molecule has 3 aromatic rings. The molecule has 4 nitrogen and oxygen atoms in total. The van der Waals surface area contributed by atoms with Crippen LogP contribution < -0.4 is 11.1 Å². The van der Waals surface area contributed by atoms with Crippen molar-refractivity contribution >= 4 is 22.5 Å². The number of para-hydroxylation sites is 1. The minimum atomic E-state index is -0.391. The zero-order chi connectivity index (χ0) is 17.8. The number of hydrogen-bond donors (Lipinski definition) is 2. The zero-order valence-electron chi connectivity index (χ0n) is 14.0. The molecule has 3 rings (SSSR count). The fourth-order valence-electron chi connectivity index (χ4n) is 2.87. The van der Waals surface area contributed by atoms with Crippen molar-refractivity contribution < 1.29 is 9.18 Å². The number of pyridine rings is 1. The molecule has 1 heterocycles. The van der Waals surface area contributed by atoms with Crippen LogP contribution in [0.4, 0.5) is 10.1 Å². The molecule has 1 amide bonds. The van der Waals surface area contributed by atoms with Crippen LogP contribution in [0.25, 0.3) is 10.9 Å². The second-order valence-electron chi connectivity index (χ2n) is 6.14. The summed E-state index contributed by atoms with van der Waals surface area (Å²) in [5.74, 6) is -1.07. The van der Waals surface area contributed by atoms with Gasteiger partial charge in [-0.05, 0) is 43.2 Å². The molecule has 2 aromatic carbocycles. The second kappa shape index (κ2) is 7.30. The fourth-order valence-corrected chi connectivity index (χ4v) is 2.87.